The van der Waals surface area contributed by atoms with Crippen molar-refractivity contribution >= 4 is 47.6 Å². The number of methoxy groups -OCH3 is 1. The molecule has 2 rings (SSSR count). The fourth-order valence-electron chi connectivity index (χ4n) is 2.44. The van der Waals surface area contributed by atoms with Gasteiger partial charge in [-0.15, -0.1) is 0 Å². The summed E-state index contributed by atoms with van der Waals surface area (Å²) < 4.78 is 59.2. The molecule has 0 spiro atoms. The maximum Gasteiger partial charge on any atom is 0.240 e. The predicted molar refractivity (Wildman–Crippen MR) is 121 cm³/mol. The summed E-state index contributed by atoms with van der Waals surface area (Å²) in [6, 6.07) is 11.8. The van der Waals surface area contributed by atoms with Crippen LogP contribution in [0.25, 0.3) is 0 Å². The van der Waals surface area contributed by atoms with E-state index in [9.17, 15) is 21.6 Å². The van der Waals surface area contributed by atoms with Gasteiger partial charge in [0.2, 0.25) is 26.0 Å². The number of amides is 1. The molecular formula is C19H24BrN3O6S2. The van der Waals surface area contributed by atoms with Gasteiger partial charge in [0.05, 0.1) is 9.79 Å². The SMILES string of the molecule is COCCCNS(=O)(=O)c1ccc(NC(=O)CCNS(=O)(=O)c2ccc(Br)cc2)cc1. The second-order valence-corrected chi connectivity index (χ2v) is 10.9. The highest BCUT2D eigenvalue weighted by atomic mass is 79.9. The molecule has 0 aliphatic rings. The van der Waals surface area contributed by atoms with Gasteiger partial charge in [-0.3, -0.25) is 4.79 Å². The number of hydrogen-bond acceptors (Lipinski definition) is 6. The summed E-state index contributed by atoms with van der Waals surface area (Å²) in [4.78, 5) is 12.2. The largest absolute Gasteiger partial charge is 0.385 e. The quantitative estimate of drug-likeness (QED) is 0.358. The van der Waals surface area contributed by atoms with Gasteiger partial charge in [-0.05, 0) is 55.0 Å². The summed E-state index contributed by atoms with van der Waals surface area (Å²) in [5, 5.41) is 2.60. The summed E-state index contributed by atoms with van der Waals surface area (Å²) in [5.74, 6) is -0.410. The molecule has 2 aromatic carbocycles. The van der Waals surface area contributed by atoms with Crippen LogP contribution >= 0.6 is 15.9 Å². The van der Waals surface area contributed by atoms with Crippen LogP contribution in [0.2, 0.25) is 0 Å². The molecule has 0 saturated carbocycles. The zero-order chi connectivity index (χ0) is 22.9. The van der Waals surface area contributed by atoms with Gasteiger partial charge in [0.1, 0.15) is 0 Å². The molecule has 0 aromatic heterocycles. The fraction of sp³-hybridized carbons (Fsp3) is 0.316. The van der Waals surface area contributed by atoms with Gasteiger partial charge in [-0.25, -0.2) is 26.3 Å². The summed E-state index contributed by atoms with van der Waals surface area (Å²) in [7, 11) is -5.81. The third kappa shape index (κ3) is 8.31. The van der Waals surface area contributed by atoms with Gasteiger partial charge in [-0.2, -0.15) is 0 Å². The number of anilines is 1. The van der Waals surface area contributed by atoms with Crippen LogP contribution < -0.4 is 14.8 Å². The van der Waals surface area contributed by atoms with Crippen molar-refractivity contribution in [3.63, 3.8) is 0 Å². The lowest BCUT2D eigenvalue weighted by Crippen LogP contribution is -2.28. The monoisotopic (exact) mass is 533 g/mol. The molecule has 3 N–H and O–H groups in total. The van der Waals surface area contributed by atoms with Crippen LogP contribution in [-0.4, -0.2) is 49.5 Å². The van der Waals surface area contributed by atoms with Gasteiger partial charge in [0, 0.05) is 43.4 Å². The molecule has 31 heavy (non-hydrogen) atoms. The van der Waals surface area contributed by atoms with Gasteiger partial charge < -0.3 is 10.1 Å². The van der Waals surface area contributed by atoms with Crippen molar-refractivity contribution in [3.05, 3.63) is 53.0 Å². The topological polar surface area (TPSA) is 131 Å². The molecule has 0 radical (unpaired) electrons. The lowest BCUT2D eigenvalue weighted by Gasteiger charge is -2.09. The molecule has 0 fully saturated rings. The van der Waals surface area contributed by atoms with E-state index in [1.807, 2.05) is 0 Å². The summed E-state index contributed by atoms with van der Waals surface area (Å²) >= 11 is 3.24. The first-order valence-electron chi connectivity index (χ1n) is 9.28. The van der Waals surface area contributed by atoms with Crippen LogP contribution in [0, 0.1) is 0 Å². The molecule has 0 unspecified atom stereocenters. The maximum absolute atomic E-state index is 12.2. The van der Waals surface area contributed by atoms with E-state index in [0.29, 0.717) is 18.7 Å². The van der Waals surface area contributed by atoms with E-state index in [-0.39, 0.29) is 29.3 Å². The highest BCUT2D eigenvalue weighted by Gasteiger charge is 2.15. The normalized spacial score (nSPS) is 11.9. The van der Waals surface area contributed by atoms with Crippen molar-refractivity contribution in [2.45, 2.75) is 22.6 Å². The number of benzene rings is 2. The Hall–Kier alpha value is -1.83. The first-order chi connectivity index (χ1) is 14.6. The molecule has 9 nitrogen and oxygen atoms in total. The Morgan fingerprint density at radius 1 is 0.871 bits per heavy atom. The third-order valence-corrected chi connectivity index (χ3v) is 7.52. The zero-order valence-electron chi connectivity index (χ0n) is 16.8. The lowest BCUT2D eigenvalue weighted by atomic mass is 10.3. The smallest absolute Gasteiger partial charge is 0.240 e. The average Bonchev–Trinajstić information content (AvgIpc) is 2.72. The number of sulfonamides is 2. The molecule has 0 saturated heterocycles. The van der Waals surface area contributed by atoms with E-state index < -0.39 is 26.0 Å². The van der Waals surface area contributed by atoms with Gasteiger partial charge in [-0.1, -0.05) is 15.9 Å². The van der Waals surface area contributed by atoms with Crippen LogP contribution in [0.15, 0.2) is 62.8 Å². The molecule has 2 aromatic rings. The Morgan fingerprint density at radius 3 is 1.94 bits per heavy atom. The van der Waals surface area contributed by atoms with Gasteiger partial charge >= 0.3 is 0 Å². The van der Waals surface area contributed by atoms with Crippen LogP contribution in [-0.2, 0) is 29.6 Å². The first-order valence-corrected chi connectivity index (χ1v) is 13.0. The lowest BCUT2D eigenvalue weighted by molar-refractivity contribution is -0.116. The minimum absolute atomic E-state index is 0.0742. The van der Waals surface area contributed by atoms with E-state index in [4.69, 9.17) is 4.74 Å². The highest BCUT2D eigenvalue weighted by molar-refractivity contribution is 9.10. The summed E-state index contributed by atoms with van der Waals surface area (Å²) in [6.45, 7) is 0.625. The highest BCUT2D eigenvalue weighted by Crippen LogP contribution is 2.15. The number of rotatable bonds is 12. The Kier molecular flexibility index (Phi) is 9.59. The summed E-state index contributed by atoms with van der Waals surface area (Å²) in [5.41, 5.74) is 0.402. The van der Waals surface area contributed by atoms with E-state index >= 15 is 0 Å². The Bertz CT molecular complexity index is 1070. The van der Waals surface area contributed by atoms with Crippen molar-refractivity contribution in [3.8, 4) is 0 Å². The standard InChI is InChI=1S/C19H24BrN3O6S2/c1-29-14-2-12-21-30(25,26)18-9-5-16(6-10-18)23-19(24)11-13-22-31(27,28)17-7-3-15(20)4-8-17/h3-10,21-22H,2,11-14H2,1H3,(H,23,24). The molecule has 170 valence electrons. The van der Waals surface area contributed by atoms with Crippen molar-refractivity contribution < 1.29 is 26.4 Å². The van der Waals surface area contributed by atoms with Crippen molar-refractivity contribution in [1.29, 1.82) is 0 Å². The minimum atomic E-state index is -3.71. The van der Waals surface area contributed by atoms with Gasteiger partial charge in [0.15, 0.2) is 0 Å². The molecule has 1 amide bonds. The first kappa shape index (κ1) is 25.4. The van der Waals surface area contributed by atoms with E-state index in [1.54, 1.807) is 19.2 Å². The molecular weight excluding hydrogens is 510 g/mol. The Labute approximate surface area is 190 Å². The number of hydrogen-bond donors (Lipinski definition) is 3. The van der Waals surface area contributed by atoms with Crippen LogP contribution in [0.1, 0.15) is 12.8 Å². The minimum Gasteiger partial charge on any atom is -0.385 e. The van der Waals surface area contributed by atoms with Crippen molar-refractivity contribution in [2.75, 3.05) is 32.1 Å². The Balaban J connectivity index is 1.83. The molecule has 0 heterocycles. The second-order valence-electron chi connectivity index (χ2n) is 6.42. The van der Waals surface area contributed by atoms with E-state index in [2.05, 4.69) is 30.7 Å². The van der Waals surface area contributed by atoms with Crippen LogP contribution in [0.4, 0.5) is 5.69 Å². The molecule has 12 heteroatoms. The zero-order valence-corrected chi connectivity index (χ0v) is 20.0. The molecule has 0 bridgehead atoms. The van der Waals surface area contributed by atoms with E-state index in [0.717, 1.165) is 4.47 Å². The van der Waals surface area contributed by atoms with E-state index in [1.165, 1.54) is 36.4 Å². The number of carbonyl (C=O) groups excluding carboxylic acids is 1. The number of nitrogens with one attached hydrogen (secondary N) is 3. The second kappa shape index (κ2) is 11.7. The third-order valence-electron chi connectivity index (χ3n) is 4.03. The van der Waals surface area contributed by atoms with Crippen LogP contribution in [0.3, 0.4) is 0 Å². The Morgan fingerprint density at radius 2 is 1.39 bits per heavy atom. The van der Waals surface area contributed by atoms with Crippen LogP contribution in [0.5, 0.6) is 0 Å². The molecule has 0 aliphatic carbocycles. The molecule has 0 aliphatic heterocycles. The summed E-state index contributed by atoms with van der Waals surface area (Å²) in [6.07, 6.45) is 0.465. The fourth-order valence-corrected chi connectivity index (χ4v) is 4.81. The molecule has 0 atom stereocenters. The predicted octanol–water partition coefficient (Wildman–Crippen LogP) is 2.07. The van der Waals surface area contributed by atoms with Crippen molar-refractivity contribution in [1.82, 2.24) is 9.44 Å². The number of ether oxygens (including phenoxy) is 1. The van der Waals surface area contributed by atoms with Gasteiger partial charge in [0.25, 0.3) is 0 Å². The number of halogens is 1. The van der Waals surface area contributed by atoms with Crippen molar-refractivity contribution in [2.24, 2.45) is 0 Å². The average molecular weight is 534 g/mol. The maximum atomic E-state index is 12.2. The number of carbonyl (C=O) groups is 1.